The second kappa shape index (κ2) is 7.77. The zero-order valence-electron chi connectivity index (χ0n) is 12.0. The van der Waals surface area contributed by atoms with Gasteiger partial charge in [-0.2, -0.15) is 0 Å². The second-order valence-electron chi connectivity index (χ2n) is 4.66. The Hall–Kier alpha value is -1.72. The van der Waals surface area contributed by atoms with E-state index in [4.69, 9.17) is 4.74 Å². The van der Waals surface area contributed by atoms with Gasteiger partial charge in [-0.1, -0.05) is 12.1 Å². The average Bonchev–Trinajstić information content (AvgIpc) is 2.39. The molecule has 1 aromatic rings. The number of benzene rings is 1. The molecular formula is C15H20FNO3. The average molecular weight is 281 g/mol. The van der Waals surface area contributed by atoms with Crippen LogP contribution in [0.15, 0.2) is 30.3 Å². The molecule has 20 heavy (non-hydrogen) atoms. The molecule has 1 aromatic carbocycles. The predicted molar refractivity (Wildman–Crippen MR) is 75.6 cm³/mol. The minimum absolute atomic E-state index is 0.179. The molecule has 0 aromatic heterocycles. The SMILES string of the molecule is COCC(O)CN(C)C(=O)/C=C(/C)c1ccc(F)cc1. The minimum atomic E-state index is -0.714. The number of amides is 1. The Labute approximate surface area is 118 Å². The predicted octanol–water partition coefficient (Wildman–Crippen LogP) is 1.69. The van der Waals surface area contributed by atoms with E-state index in [1.54, 1.807) is 26.1 Å². The third-order valence-corrected chi connectivity index (χ3v) is 2.86. The van der Waals surface area contributed by atoms with Crippen molar-refractivity contribution in [1.82, 2.24) is 4.90 Å². The first kappa shape index (κ1) is 16.3. The van der Waals surface area contributed by atoms with Crippen molar-refractivity contribution in [3.63, 3.8) is 0 Å². The summed E-state index contributed by atoms with van der Waals surface area (Å²) in [4.78, 5) is 13.4. The molecule has 0 aliphatic heterocycles. The Bertz CT molecular complexity index is 471. The van der Waals surface area contributed by atoms with Gasteiger partial charge in [0.25, 0.3) is 0 Å². The van der Waals surface area contributed by atoms with Crippen LogP contribution in [0.1, 0.15) is 12.5 Å². The van der Waals surface area contributed by atoms with Crippen molar-refractivity contribution in [2.45, 2.75) is 13.0 Å². The summed E-state index contributed by atoms with van der Waals surface area (Å²) in [5.41, 5.74) is 1.52. The Kier molecular flexibility index (Phi) is 6.35. The molecule has 1 N–H and O–H groups in total. The van der Waals surface area contributed by atoms with Crippen LogP contribution < -0.4 is 0 Å². The van der Waals surface area contributed by atoms with Crippen LogP contribution in [0.4, 0.5) is 4.39 Å². The van der Waals surface area contributed by atoms with Gasteiger partial charge in [-0.15, -0.1) is 0 Å². The third kappa shape index (κ3) is 5.11. The van der Waals surface area contributed by atoms with E-state index in [0.29, 0.717) is 0 Å². The Morgan fingerprint density at radius 2 is 2.05 bits per heavy atom. The lowest BCUT2D eigenvalue weighted by Gasteiger charge is -2.19. The molecule has 110 valence electrons. The van der Waals surface area contributed by atoms with Crippen molar-refractivity contribution >= 4 is 11.5 Å². The number of allylic oxidation sites excluding steroid dienone is 1. The molecule has 0 saturated heterocycles. The van der Waals surface area contributed by atoms with Crippen LogP contribution in [-0.2, 0) is 9.53 Å². The Morgan fingerprint density at radius 3 is 2.60 bits per heavy atom. The summed E-state index contributed by atoms with van der Waals surface area (Å²) in [6.07, 6.45) is 0.751. The maximum atomic E-state index is 12.8. The first-order chi connectivity index (χ1) is 9.43. The van der Waals surface area contributed by atoms with Gasteiger partial charge in [0, 0.05) is 26.8 Å². The highest BCUT2D eigenvalue weighted by atomic mass is 19.1. The van der Waals surface area contributed by atoms with E-state index >= 15 is 0 Å². The summed E-state index contributed by atoms with van der Waals surface area (Å²) in [7, 11) is 3.10. The number of ether oxygens (including phenoxy) is 1. The molecule has 0 fully saturated rings. The van der Waals surface area contributed by atoms with Gasteiger partial charge >= 0.3 is 0 Å². The van der Waals surface area contributed by atoms with Crippen LogP contribution in [0.2, 0.25) is 0 Å². The first-order valence-corrected chi connectivity index (χ1v) is 6.30. The number of likely N-dealkylation sites (N-methyl/N-ethyl adjacent to an activating group) is 1. The van der Waals surface area contributed by atoms with E-state index in [2.05, 4.69) is 0 Å². The van der Waals surface area contributed by atoms with E-state index in [0.717, 1.165) is 11.1 Å². The molecule has 4 nitrogen and oxygen atoms in total. The summed E-state index contributed by atoms with van der Waals surface area (Å²) in [6.45, 7) is 2.16. The number of carbonyl (C=O) groups is 1. The number of hydrogen-bond donors (Lipinski definition) is 1. The van der Waals surface area contributed by atoms with Crippen molar-refractivity contribution in [3.8, 4) is 0 Å². The smallest absolute Gasteiger partial charge is 0.246 e. The van der Waals surface area contributed by atoms with Gasteiger partial charge in [0.05, 0.1) is 12.7 Å². The number of hydrogen-bond acceptors (Lipinski definition) is 3. The van der Waals surface area contributed by atoms with Crippen molar-refractivity contribution < 1.29 is 19.0 Å². The van der Waals surface area contributed by atoms with Crippen LogP contribution in [0.25, 0.3) is 5.57 Å². The summed E-state index contributed by atoms with van der Waals surface area (Å²) in [5, 5.41) is 9.57. The van der Waals surface area contributed by atoms with E-state index in [1.807, 2.05) is 0 Å². The molecule has 0 aliphatic carbocycles. The molecule has 0 bridgehead atoms. The van der Waals surface area contributed by atoms with Crippen molar-refractivity contribution in [2.75, 3.05) is 27.3 Å². The fourth-order valence-electron chi connectivity index (χ4n) is 1.74. The first-order valence-electron chi connectivity index (χ1n) is 6.30. The number of aliphatic hydroxyl groups excluding tert-OH is 1. The van der Waals surface area contributed by atoms with Crippen LogP contribution in [0.3, 0.4) is 0 Å². The number of halogens is 1. The van der Waals surface area contributed by atoms with E-state index in [-0.39, 0.29) is 24.9 Å². The van der Waals surface area contributed by atoms with Gasteiger partial charge in [-0.05, 0) is 30.2 Å². The van der Waals surface area contributed by atoms with Crippen LogP contribution in [0, 0.1) is 5.82 Å². The van der Waals surface area contributed by atoms with Crippen molar-refractivity contribution in [1.29, 1.82) is 0 Å². The molecule has 5 heteroatoms. The lowest BCUT2D eigenvalue weighted by Crippen LogP contribution is -2.35. The summed E-state index contributed by atoms with van der Waals surface area (Å²) < 4.78 is 17.6. The van der Waals surface area contributed by atoms with Gasteiger partial charge in [-0.25, -0.2) is 4.39 Å². The normalized spacial score (nSPS) is 13.2. The fraction of sp³-hybridized carbons (Fsp3) is 0.400. The highest BCUT2D eigenvalue weighted by molar-refractivity contribution is 5.94. The summed E-state index contributed by atoms with van der Waals surface area (Å²) in [6, 6.07) is 5.94. The highest BCUT2D eigenvalue weighted by Gasteiger charge is 2.12. The molecular weight excluding hydrogens is 261 g/mol. The lowest BCUT2D eigenvalue weighted by atomic mass is 10.1. The molecule has 0 saturated carbocycles. The van der Waals surface area contributed by atoms with Crippen molar-refractivity contribution in [3.05, 3.63) is 41.7 Å². The van der Waals surface area contributed by atoms with Gasteiger partial charge < -0.3 is 14.7 Å². The molecule has 0 spiro atoms. The summed E-state index contributed by atoms with van der Waals surface area (Å²) in [5.74, 6) is -0.533. The zero-order valence-corrected chi connectivity index (χ0v) is 12.0. The molecule has 1 unspecified atom stereocenters. The van der Waals surface area contributed by atoms with E-state index in [1.165, 1.54) is 30.2 Å². The van der Waals surface area contributed by atoms with Gasteiger partial charge in [0.2, 0.25) is 5.91 Å². The topological polar surface area (TPSA) is 49.8 Å². The summed E-state index contributed by atoms with van der Waals surface area (Å²) >= 11 is 0. The molecule has 0 radical (unpaired) electrons. The Morgan fingerprint density at radius 1 is 1.45 bits per heavy atom. The number of nitrogens with zero attached hydrogens (tertiary/aromatic N) is 1. The molecule has 0 aliphatic rings. The van der Waals surface area contributed by atoms with Gasteiger partial charge in [0.15, 0.2) is 0 Å². The highest BCUT2D eigenvalue weighted by Crippen LogP contribution is 2.14. The quantitative estimate of drug-likeness (QED) is 0.807. The van der Waals surface area contributed by atoms with Crippen LogP contribution in [0.5, 0.6) is 0 Å². The van der Waals surface area contributed by atoms with Gasteiger partial charge in [-0.3, -0.25) is 4.79 Å². The minimum Gasteiger partial charge on any atom is -0.389 e. The van der Waals surface area contributed by atoms with Crippen molar-refractivity contribution in [2.24, 2.45) is 0 Å². The third-order valence-electron chi connectivity index (χ3n) is 2.86. The van der Waals surface area contributed by atoms with E-state index < -0.39 is 6.10 Å². The maximum absolute atomic E-state index is 12.8. The maximum Gasteiger partial charge on any atom is 0.246 e. The van der Waals surface area contributed by atoms with Crippen LogP contribution >= 0.6 is 0 Å². The number of rotatable bonds is 6. The fourth-order valence-corrected chi connectivity index (χ4v) is 1.74. The van der Waals surface area contributed by atoms with Crippen LogP contribution in [-0.4, -0.2) is 49.3 Å². The number of methoxy groups -OCH3 is 1. The molecule has 1 atom stereocenters. The standard InChI is InChI=1S/C15H20FNO3/c1-11(12-4-6-13(16)7-5-12)8-15(19)17(2)9-14(18)10-20-3/h4-8,14,18H,9-10H2,1-3H3/b11-8-. The largest absolute Gasteiger partial charge is 0.389 e. The second-order valence-corrected chi connectivity index (χ2v) is 4.66. The number of carbonyl (C=O) groups excluding carboxylic acids is 1. The zero-order chi connectivity index (χ0) is 15.1. The molecule has 1 amide bonds. The van der Waals surface area contributed by atoms with E-state index in [9.17, 15) is 14.3 Å². The molecule has 0 heterocycles. The number of aliphatic hydroxyl groups is 1. The monoisotopic (exact) mass is 281 g/mol. The Balaban J connectivity index is 2.67. The lowest BCUT2D eigenvalue weighted by molar-refractivity contribution is -0.126. The molecule has 1 rings (SSSR count). The van der Waals surface area contributed by atoms with Gasteiger partial charge in [0.1, 0.15) is 5.82 Å².